The smallest absolute Gasteiger partial charge is 0.193 e. The molecular formula is C14H12F3N3. The van der Waals surface area contributed by atoms with Crippen LogP contribution in [0.5, 0.6) is 0 Å². The molecule has 0 amide bonds. The second-order valence-corrected chi connectivity index (χ2v) is 4.06. The van der Waals surface area contributed by atoms with Gasteiger partial charge in [-0.2, -0.15) is 0 Å². The van der Waals surface area contributed by atoms with Crippen molar-refractivity contribution in [3.8, 4) is 0 Å². The van der Waals surface area contributed by atoms with Crippen molar-refractivity contribution in [2.75, 3.05) is 5.32 Å². The number of halogens is 3. The highest BCUT2D eigenvalue weighted by Gasteiger charge is 2.11. The molecule has 6 heteroatoms. The molecule has 3 N–H and O–H groups in total. The van der Waals surface area contributed by atoms with Gasteiger partial charge in [-0.1, -0.05) is 30.3 Å². The first-order chi connectivity index (χ1) is 9.56. The van der Waals surface area contributed by atoms with E-state index >= 15 is 0 Å². The molecule has 20 heavy (non-hydrogen) atoms. The SMILES string of the molecule is NC(=NCc1ccccc1)Nc1cc(F)cc(F)c1F. The van der Waals surface area contributed by atoms with Crippen LogP contribution in [-0.4, -0.2) is 5.96 Å². The third-order valence-electron chi connectivity index (χ3n) is 2.53. The number of nitrogens with two attached hydrogens (primary N) is 1. The normalized spacial score (nSPS) is 11.4. The number of benzene rings is 2. The first-order valence-corrected chi connectivity index (χ1v) is 5.81. The minimum atomic E-state index is -1.29. The van der Waals surface area contributed by atoms with Crippen molar-refractivity contribution < 1.29 is 13.2 Å². The van der Waals surface area contributed by atoms with Crippen LogP contribution in [0, 0.1) is 17.5 Å². The number of hydrogen-bond acceptors (Lipinski definition) is 1. The lowest BCUT2D eigenvalue weighted by Crippen LogP contribution is -2.23. The standard InChI is InChI=1S/C14H12F3N3/c15-10-6-11(16)13(17)12(7-10)20-14(18)19-8-9-4-2-1-3-5-9/h1-7H,8H2,(H3,18,19,20). The van der Waals surface area contributed by atoms with Gasteiger partial charge >= 0.3 is 0 Å². The lowest BCUT2D eigenvalue weighted by Gasteiger charge is -2.07. The Bertz CT molecular complexity index is 627. The summed E-state index contributed by atoms with van der Waals surface area (Å²) in [4.78, 5) is 3.96. The van der Waals surface area contributed by atoms with Crippen molar-refractivity contribution in [3.63, 3.8) is 0 Å². The Kier molecular flexibility index (Phi) is 4.24. The molecule has 0 saturated heterocycles. The van der Waals surface area contributed by atoms with Crippen molar-refractivity contribution in [1.82, 2.24) is 0 Å². The minimum Gasteiger partial charge on any atom is -0.370 e. The predicted octanol–water partition coefficient (Wildman–Crippen LogP) is 3.03. The molecule has 2 rings (SSSR count). The Morgan fingerprint density at radius 2 is 1.80 bits per heavy atom. The summed E-state index contributed by atoms with van der Waals surface area (Å²) < 4.78 is 39.4. The Balaban J connectivity index is 2.10. The molecule has 0 spiro atoms. The van der Waals surface area contributed by atoms with Gasteiger partial charge in [0.25, 0.3) is 0 Å². The zero-order chi connectivity index (χ0) is 14.5. The van der Waals surface area contributed by atoms with E-state index in [-0.39, 0.29) is 12.5 Å². The molecule has 0 saturated carbocycles. The average Bonchev–Trinajstić information content (AvgIpc) is 2.43. The second-order valence-electron chi connectivity index (χ2n) is 4.06. The number of aliphatic imine (C=N–C) groups is 1. The van der Waals surface area contributed by atoms with Gasteiger partial charge in [-0.15, -0.1) is 0 Å². The van der Waals surface area contributed by atoms with E-state index < -0.39 is 23.1 Å². The van der Waals surface area contributed by atoms with E-state index in [1.807, 2.05) is 30.3 Å². The molecule has 2 aromatic rings. The topological polar surface area (TPSA) is 50.4 Å². The molecule has 0 fully saturated rings. The molecule has 0 radical (unpaired) electrons. The van der Waals surface area contributed by atoms with Gasteiger partial charge in [0.1, 0.15) is 5.82 Å². The monoisotopic (exact) mass is 279 g/mol. The van der Waals surface area contributed by atoms with E-state index in [0.29, 0.717) is 6.07 Å². The van der Waals surface area contributed by atoms with Crippen molar-refractivity contribution in [2.45, 2.75) is 6.54 Å². The van der Waals surface area contributed by atoms with Crippen LogP contribution in [0.15, 0.2) is 47.5 Å². The van der Waals surface area contributed by atoms with Gasteiger partial charge in [-0.25, -0.2) is 18.2 Å². The number of nitrogens with zero attached hydrogens (tertiary/aromatic N) is 1. The predicted molar refractivity (Wildman–Crippen MR) is 71.7 cm³/mol. The molecule has 3 nitrogen and oxygen atoms in total. The van der Waals surface area contributed by atoms with Gasteiger partial charge < -0.3 is 11.1 Å². The van der Waals surface area contributed by atoms with Crippen LogP contribution >= 0.6 is 0 Å². The molecule has 0 aliphatic heterocycles. The highest BCUT2D eigenvalue weighted by atomic mass is 19.2. The van der Waals surface area contributed by atoms with E-state index in [0.717, 1.165) is 11.6 Å². The van der Waals surface area contributed by atoms with Gasteiger partial charge in [-0.3, -0.25) is 0 Å². The van der Waals surface area contributed by atoms with Crippen LogP contribution in [0.4, 0.5) is 18.9 Å². The van der Waals surface area contributed by atoms with Crippen molar-refractivity contribution >= 4 is 11.6 Å². The van der Waals surface area contributed by atoms with E-state index in [4.69, 9.17) is 5.73 Å². The molecule has 0 aliphatic carbocycles. The van der Waals surface area contributed by atoms with Crippen molar-refractivity contribution in [3.05, 3.63) is 65.5 Å². The minimum absolute atomic E-state index is 0.127. The van der Waals surface area contributed by atoms with E-state index in [1.165, 1.54) is 0 Å². The largest absolute Gasteiger partial charge is 0.370 e. The maximum atomic E-state index is 13.4. The third kappa shape index (κ3) is 3.50. The lowest BCUT2D eigenvalue weighted by molar-refractivity contribution is 0.498. The summed E-state index contributed by atoms with van der Waals surface area (Å²) in [7, 11) is 0. The van der Waals surface area contributed by atoms with E-state index in [1.54, 1.807) is 0 Å². The Hall–Kier alpha value is -2.50. The fraction of sp³-hybridized carbons (Fsp3) is 0.0714. The maximum absolute atomic E-state index is 13.4. The number of guanidine groups is 1. The van der Waals surface area contributed by atoms with Gasteiger partial charge in [0.15, 0.2) is 17.6 Å². The van der Waals surface area contributed by atoms with Crippen LogP contribution in [0.2, 0.25) is 0 Å². The molecular weight excluding hydrogens is 267 g/mol. The second kappa shape index (κ2) is 6.10. The third-order valence-corrected chi connectivity index (χ3v) is 2.53. The average molecular weight is 279 g/mol. The molecule has 0 atom stereocenters. The Morgan fingerprint density at radius 3 is 2.50 bits per heavy atom. The summed E-state index contributed by atoms with van der Waals surface area (Å²) in [5.74, 6) is -3.52. The van der Waals surface area contributed by atoms with Crippen LogP contribution in [0.25, 0.3) is 0 Å². The summed E-state index contributed by atoms with van der Waals surface area (Å²) in [6.45, 7) is 0.277. The van der Waals surface area contributed by atoms with Gasteiger partial charge in [0.2, 0.25) is 0 Å². The zero-order valence-corrected chi connectivity index (χ0v) is 10.4. The summed E-state index contributed by atoms with van der Waals surface area (Å²) in [5.41, 5.74) is 6.06. The number of nitrogens with one attached hydrogen (secondary N) is 1. The first kappa shape index (κ1) is 13.9. The molecule has 0 bridgehead atoms. The van der Waals surface area contributed by atoms with Crippen LogP contribution < -0.4 is 11.1 Å². The summed E-state index contributed by atoms with van der Waals surface area (Å²) in [5, 5.41) is 2.33. The van der Waals surface area contributed by atoms with Crippen molar-refractivity contribution in [1.29, 1.82) is 0 Å². The molecule has 0 aliphatic rings. The highest BCUT2D eigenvalue weighted by molar-refractivity contribution is 5.92. The number of rotatable bonds is 3. The quantitative estimate of drug-likeness (QED) is 0.515. The summed E-state index contributed by atoms with van der Waals surface area (Å²) in [6.07, 6.45) is 0. The molecule has 104 valence electrons. The summed E-state index contributed by atoms with van der Waals surface area (Å²) >= 11 is 0. The maximum Gasteiger partial charge on any atom is 0.193 e. The van der Waals surface area contributed by atoms with Gasteiger partial charge in [0, 0.05) is 12.1 Å². The van der Waals surface area contributed by atoms with Crippen LogP contribution in [0.3, 0.4) is 0 Å². The van der Waals surface area contributed by atoms with Gasteiger partial charge in [0.05, 0.1) is 12.2 Å². The van der Waals surface area contributed by atoms with E-state index in [9.17, 15) is 13.2 Å². The van der Waals surface area contributed by atoms with Gasteiger partial charge in [-0.05, 0) is 5.56 Å². The first-order valence-electron chi connectivity index (χ1n) is 5.81. The number of anilines is 1. The molecule has 0 unspecified atom stereocenters. The number of hydrogen-bond donors (Lipinski definition) is 2. The zero-order valence-electron chi connectivity index (χ0n) is 10.4. The van der Waals surface area contributed by atoms with E-state index in [2.05, 4.69) is 10.3 Å². The lowest BCUT2D eigenvalue weighted by atomic mass is 10.2. The highest BCUT2D eigenvalue weighted by Crippen LogP contribution is 2.18. The van der Waals surface area contributed by atoms with Crippen LogP contribution in [0.1, 0.15) is 5.56 Å². The van der Waals surface area contributed by atoms with Crippen LogP contribution in [-0.2, 0) is 6.54 Å². The van der Waals surface area contributed by atoms with Crippen molar-refractivity contribution in [2.24, 2.45) is 10.7 Å². The Morgan fingerprint density at radius 1 is 1.10 bits per heavy atom. The fourth-order valence-electron chi connectivity index (χ4n) is 1.58. The molecule has 2 aromatic carbocycles. The summed E-state index contributed by atoms with van der Waals surface area (Å²) in [6, 6.07) is 10.5. The molecule has 0 aromatic heterocycles. The fourth-order valence-corrected chi connectivity index (χ4v) is 1.58. The Labute approximate surface area is 114 Å². The molecule has 0 heterocycles.